The first kappa shape index (κ1) is 15.4. The summed E-state index contributed by atoms with van der Waals surface area (Å²) in [5.41, 5.74) is 0. The third-order valence-electron chi connectivity index (χ3n) is 2.16. The second-order valence-corrected chi connectivity index (χ2v) is 4.24. The first-order chi connectivity index (χ1) is 7.88. The maximum absolute atomic E-state index is 11.4. The molecule has 0 aromatic rings. The standard InChI is InChI=1S/C11H18N2O4/c1-7(2)6-9(14)10(15)13-8(11(16)17)4-3-5-12/h7-9,14H,3-4,6H2,1-2H3,(H,13,15)(H,16,17)/t8-,9-/m0/s1. The number of carbonyl (C=O) groups excluding carboxylic acids is 1. The van der Waals surface area contributed by atoms with Gasteiger partial charge in [-0.1, -0.05) is 13.8 Å². The van der Waals surface area contributed by atoms with Crippen LogP contribution in [0.5, 0.6) is 0 Å². The van der Waals surface area contributed by atoms with Gasteiger partial charge in [0.2, 0.25) is 5.91 Å². The van der Waals surface area contributed by atoms with E-state index in [0.717, 1.165) is 0 Å². The number of aliphatic hydroxyl groups excluding tert-OH is 1. The number of amides is 1. The summed E-state index contributed by atoms with van der Waals surface area (Å²) in [5, 5.41) is 28.9. The molecule has 0 aromatic heterocycles. The van der Waals surface area contributed by atoms with Gasteiger partial charge in [-0.15, -0.1) is 0 Å². The van der Waals surface area contributed by atoms with Crippen molar-refractivity contribution < 1.29 is 19.8 Å². The van der Waals surface area contributed by atoms with Gasteiger partial charge in [-0.05, 0) is 18.8 Å². The Hall–Kier alpha value is -1.61. The molecule has 0 radical (unpaired) electrons. The van der Waals surface area contributed by atoms with Crippen LogP contribution in [-0.2, 0) is 9.59 Å². The molecule has 0 fully saturated rings. The minimum atomic E-state index is -1.21. The fourth-order valence-electron chi connectivity index (χ4n) is 1.29. The normalized spacial score (nSPS) is 13.8. The number of nitrogens with one attached hydrogen (secondary N) is 1. The summed E-state index contributed by atoms with van der Waals surface area (Å²) >= 11 is 0. The van der Waals surface area contributed by atoms with Crippen LogP contribution in [0.4, 0.5) is 0 Å². The lowest BCUT2D eigenvalue weighted by molar-refractivity contribution is -0.143. The molecule has 0 heterocycles. The van der Waals surface area contributed by atoms with Crippen LogP contribution in [0.2, 0.25) is 0 Å². The van der Waals surface area contributed by atoms with Gasteiger partial charge < -0.3 is 15.5 Å². The van der Waals surface area contributed by atoms with Crippen LogP contribution < -0.4 is 5.32 Å². The fourth-order valence-corrected chi connectivity index (χ4v) is 1.29. The topological polar surface area (TPSA) is 110 Å². The predicted molar refractivity (Wildman–Crippen MR) is 59.9 cm³/mol. The highest BCUT2D eigenvalue weighted by Crippen LogP contribution is 2.05. The summed E-state index contributed by atoms with van der Waals surface area (Å²) in [5.74, 6) is -1.77. The highest BCUT2D eigenvalue weighted by atomic mass is 16.4. The molecule has 0 aliphatic heterocycles. The lowest BCUT2D eigenvalue weighted by Gasteiger charge is -2.17. The summed E-state index contributed by atoms with van der Waals surface area (Å²) in [4.78, 5) is 22.2. The molecule has 0 aliphatic rings. The first-order valence-corrected chi connectivity index (χ1v) is 5.46. The summed E-state index contributed by atoms with van der Waals surface area (Å²) in [7, 11) is 0. The van der Waals surface area contributed by atoms with Crippen molar-refractivity contribution in [3.05, 3.63) is 0 Å². The molecule has 96 valence electrons. The molecule has 0 spiro atoms. The Morgan fingerprint density at radius 1 is 1.41 bits per heavy atom. The smallest absolute Gasteiger partial charge is 0.326 e. The second kappa shape index (κ2) is 7.63. The van der Waals surface area contributed by atoms with E-state index < -0.39 is 24.0 Å². The molecule has 2 atom stereocenters. The van der Waals surface area contributed by atoms with E-state index in [2.05, 4.69) is 5.32 Å². The molecule has 0 rings (SSSR count). The minimum Gasteiger partial charge on any atom is -0.480 e. The molecule has 0 aromatic carbocycles. The molecule has 6 heteroatoms. The SMILES string of the molecule is CC(C)C[C@H](O)C(=O)N[C@@H](CCC#N)C(=O)O. The number of aliphatic carboxylic acids is 1. The second-order valence-electron chi connectivity index (χ2n) is 4.24. The average Bonchev–Trinajstić information content (AvgIpc) is 2.22. The van der Waals surface area contributed by atoms with E-state index in [4.69, 9.17) is 10.4 Å². The van der Waals surface area contributed by atoms with Crippen molar-refractivity contribution >= 4 is 11.9 Å². The van der Waals surface area contributed by atoms with Crippen LogP contribution in [0.3, 0.4) is 0 Å². The number of carboxylic acids is 1. The van der Waals surface area contributed by atoms with Crippen molar-refractivity contribution in [1.82, 2.24) is 5.32 Å². The highest BCUT2D eigenvalue weighted by molar-refractivity contribution is 5.86. The number of rotatable bonds is 7. The van der Waals surface area contributed by atoms with E-state index in [-0.39, 0.29) is 25.2 Å². The van der Waals surface area contributed by atoms with Gasteiger partial charge in [-0.25, -0.2) is 4.79 Å². The number of hydrogen-bond acceptors (Lipinski definition) is 4. The minimum absolute atomic E-state index is 0.0337. The number of aliphatic hydroxyl groups is 1. The third-order valence-corrected chi connectivity index (χ3v) is 2.16. The Morgan fingerprint density at radius 2 is 2.00 bits per heavy atom. The van der Waals surface area contributed by atoms with Crippen molar-refractivity contribution in [2.24, 2.45) is 5.92 Å². The highest BCUT2D eigenvalue weighted by Gasteiger charge is 2.23. The third kappa shape index (κ3) is 6.53. The zero-order valence-corrected chi connectivity index (χ0v) is 10.0. The van der Waals surface area contributed by atoms with Gasteiger partial charge in [-0.3, -0.25) is 4.79 Å². The molecule has 0 saturated heterocycles. The number of carbonyl (C=O) groups is 2. The number of nitrogens with zero attached hydrogens (tertiary/aromatic N) is 1. The van der Waals surface area contributed by atoms with Gasteiger partial charge in [-0.2, -0.15) is 5.26 Å². The van der Waals surface area contributed by atoms with Gasteiger partial charge in [0.15, 0.2) is 0 Å². The van der Waals surface area contributed by atoms with Crippen molar-refractivity contribution in [1.29, 1.82) is 5.26 Å². The molecule has 3 N–H and O–H groups in total. The zero-order valence-electron chi connectivity index (χ0n) is 10.0. The molecule has 0 unspecified atom stereocenters. The van der Waals surface area contributed by atoms with Crippen LogP contribution in [-0.4, -0.2) is 34.2 Å². The van der Waals surface area contributed by atoms with Gasteiger partial charge in [0.1, 0.15) is 12.1 Å². The summed E-state index contributed by atoms with van der Waals surface area (Å²) in [6.45, 7) is 3.70. The van der Waals surface area contributed by atoms with Gasteiger partial charge in [0.25, 0.3) is 0 Å². The van der Waals surface area contributed by atoms with Crippen molar-refractivity contribution in [3.63, 3.8) is 0 Å². The van der Waals surface area contributed by atoms with Crippen LogP contribution in [0.1, 0.15) is 33.1 Å². The van der Waals surface area contributed by atoms with Gasteiger partial charge in [0.05, 0.1) is 6.07 Å². The molecular weight excluding hydrogens is 224 g/mol. The van der Waals surface area contributed by atoms with E-state index in [9.17, 15) is 14.7 Å². The maximum Gasteiger partial charge on any atom is 0.326 e. The van der Waals surface area contributed by atoms with Crippen molar-refractivity contribution in [2.75, 3.05) is 0 Å². The first-order valence-electron chi connectivity index (χ1n) is 5.46. The number of carboxylic acid groups (broad SMARTS) is 1. The van der Waals surface area contributed by atoms with Gasteiger partial charge >= 0.3 is 5.97 Å². The van der Waals surface area contributed by atoms with Crippen LogP contribution in [0.25, 0.3) is 0 Å². The zero-order chi connectivity index (χ0) is 13.4. The monoisotopic (exact) mass is 242 g/mol. The summed E-state index contributed by atoms with van der Waals surface area (Å²) in [6.07, 6.45) is -0.862. The largest absolute Gasteiger partial charge is 0.480 e. The molecule has 0 bridgehead atoms. The Labute approximate surface area is 100 Å². The van der Waals surface area contributed by atoms with E-state index in [1.807, 2.05) is 19.9 Å². The van der Waals surface area contributed by atoms with E-state index in [1.165, 1.54) is 0 Å². The molecular formula is C11H18N2O4. The Morgan fingerprint density at radius 3 is 2.41 bits per heavy atom. The number of hydrogen-bond donors (Lipinski definition) is 3. The quantitative estimate of drug-likeness (QED) is 0.593. The summed E-state index contributed by atoms with van der Waals surface area (Å²) < 4.78 is 0. The lowest BCUT2D eigenvalue weighted by atomic mass is 10.0. The fraction of sp³-hybridized carbons (Fsp3) is 0.727. The average molecular weight is 242 g/mol. The molecule has 0 aliphatic carbocycles. The molecule has 0 saturated carbocycles. The van der Waals surface area contributed by atoms with Crippen molar-refractivity contribution in [2.45, 2.75) is 45.3 Å². The molecule has 6 nitrogen and oxygen atoms in total. The van der Waals surface area contributed by atoms with Crippen LogP contribution >= 0.6 is 0 Å². The van der Waals surface area contributed by atoms with Gasteiger partial charge in [0, 0.05) is 6.42 Å². The lowest BCUT2D eigenvalue weighted by Crippen LogP contribution is -2.45. The van der Waals surface area contributed by atoms with E-state index in [0.29, 0.717) is 0 Å². The molecule has 17 heavy (non-hydrogen) atoms. The maximum atomic E-state index is 11.4. The Balaban J connectivity index is 4.30. The van der Waals surface area contributed by atoms with E-state index in [1.54, 1.807) is 0 Å². The van der Waals surface area contributed by atoms with Crippen LogP contribution in [0.15, 0.2) is 0 Å². The summed E-state index contributed by atoms with van der Waals surface area (Å²) in [6, 6.07) is 0.689. The van der Waals surface area contributed by atoms with Crippen LogP contribution in [0, 0.1) is 17.2 Å². The Bertz CT molecular complexity index is 309. The van der Waals surface area contributed by atoms with Crippen molar-refractivity contribution in [3.8, 4) is 6.07 Å². The number of nitriles is 1. The van der Waals surface area contributed by atoms with E-state index >= 15 is 0 Å². The Kier molecular flexibility index (Phi) is 6.91. The molecule has 1 amide bonds. The predicted octanol–water partition coefficient (Wildman–Crippen LogP) is 0.267.